The van der Waals surface area contributed by atoms with Crippen LogP contribution in [-0.2, 0) is 6.42 Å². The Morgan fingerprint density at radius 3 is 2.65 bits per heavy atom. The van der Waals surface area contributed by atoms with Crippen molar-refractivity contribution in [2.45, 2.75) is 27.2 Å². The normalized spacial score (nSPS) is 12.3. The van der Waals surface area contributed by atoms with Crippen LogP contribution in [0, 0.1) is 10.8 Å². The van der Waals surface area contributed by atoms with Crippen LogP contribution in [0.4, 0.5) is 5.69 Å². The predicted octanol–water partition coefficient (Wildman–Crippen LogP) is 3.15. The van der Waals surface area contributed by atoms with Crippen molar-refractivity contribution in [2.24, 2.45) is 11.1 Å². The first-order valence-corrected chi connectivity index (χ1v) is 6.84. The molecule has 1 aromatic carbocycles. The molecule has 0 saturated heterocycles. The maximum atomic E-state index is 8.98. The monoisotopic (exact) mass is 295 g/mol. The van der Waals surface area contributed by atoms with Crippen LogP contribution in [0.3, 0.4) is 0 Å². The molecule has 0 radical (unpaired) electrons. The van der Waals surface area contributed by atoms with Gasteiger partial charge in [-0.3, -0.25) is 0 Å². The van der Waals surface area contributed by atoms with Crippen molar-refractivity contribution in [3.63, 3.8) is 0 Å². The van der Waals surface area contributed by atoms with Crippen molar-refractivity contribution >= 4 is 23.0 Å². The van der Waals surface area contributed by atoms with Crippen molar-refractivity contribution in [1.29, 1.82) is 5.41 Å². The molecule has 1 aromatic rings. The number of hydrogen-bond donors (Lipinski definition) is 4. The van der Waals surface area contributed by atoms with Crippen LogP contribution in [0.15, 0.2) is 30.1 Å². The van der Waals surface area contributed by atoms with Crippen LogP contribution >= 0.6 is 11.6 Å². The molecule has 0 aliphatic heterocycles. The summed E-state index contributed by atoms with van der Waals surface area (Å²) in [5, 5.41) is 20.6. The minimum absolute atomic E-state index is 0.0448. The van der Waals surface area contributed by atoms with Gasteiger partial charge in [0.25, 0.3) is 0 Å². The van der Waals surface area contributed by atoms with Gasteiger partial charge in [-0.1, -0.05) is 32.4 Å². The third-order valence-electron chi connectivity index (χ3n) is 2.82. The van der Waals surface area contributed by atoms with Crippen LogP contribution in [0.1, 0.15) is 26.3 Å². The molecule has 0 saturated carbocycles. The summed E-state index contributed by atoms with van der Waals surface area (Å²) in [6.07, 6.45) is 2.11. The summed E-state index contributed by atoms with van der Waals surface area (Å²) in [6.45, 7) is 5.92. The fourth-order valence-corrected chi connectivity index (χ4v) is 1.75. The summed E-state index contributed by atoms with van der Waals surface area (Å²) >= 11 is 6.04. The van der Waals surface area contributed by atoms with Gasteiger partial charge in [0.15, 0.2) is 0 Å². The summed E-state index contributed by atoms with van der Waals surface area (Å²) in [7, 11) is 0. The van der Waals surface area contributed by atoms with Gasteiger partial charge in [-0.25, -0.2) is 0 Å². The van der Waals surface area contributed by atoms with E-state index in [1.54, 1.807) is 12.1 Å². The highest BCUT2D eigenvalue weighted by Crippen LogP contribution is 2.22. The van der Waals surface area contributed by atoms with Crippen molar-refractivity contribution in [2.75, 3.05) is 11.9 Å². The van der Waals surface area contributed by atoms with Crippen molar-refractivity contribution in [3.05, 3.63) is 40.7 Å². The predicted molar refractivity (Wildman–Crippen MR) is 85.3 cm³/mol. The van der Waals surface area contributed by atoms with Crippen molar-refractivity contribution in [3.8, 4) is 0 Å². The van der Waals surface area contributed by atoms with Gasteiger partial charge >= 0.3 is 0 Å². The highest BCUT2D eigenvalue weighted by molar-refractivity contribution is 6.31. The molecular formula is C15H22ClN3O. The minimum Gasteiger partial charge on any atom is -0.396 e. The van der Waals surface area contributed by atoms with Gasteiger partial charge in [0.05, 0.1) is 0 Å². The van der Waals surface area contributed by atoms with Gasteiger partial charge in [-0.05, 0) is 36.3 Å². The molecule has 110 valence electrons. The standard InChI is InChI=1S/C15H22ClN3O/c1-15(2,3)13(17)9-14(18)19-11-4-5-12(16)10(8-11)6-7-20/h4-5,8-9,17,19-20H,6-7,18H2,1-3H3/b14-9-,17-13?. The van der Waals surface area contributed by atoms with Crippen LogP contribution < -0.4 is 11.1 Å². The summed E-state index contributed by atoms with van der Waals surface area (Å²) in [4.78, 5) is 0. The Hall–Kier alpha value is -1.52. The van der Waals surface area contributed by atoms with Crippen LogP contribution in [-0.4, -0.2) is 17.4 Å². The van der Waals surface area contributed by atoms with Gasteiger partial charge < -0.3 is 21.6 Å². The first-order valence-electron chi connectivity index (χ1n) is 6.46. The number of hydrogen-bond acceptors (Lipinski definition) is 4. The Labute approximate surface area is 125 Å². The quantitative estimate of drug-likeness (QED) is 0.630. The number of aliphatic hydroxyl groups excluding tert-OH is 1. The minimum atomic E-state index is -0.242. The van der Waals surface area contributed by atoms with Crippen molar-refractivity contribution < 1.29 is 5.11 Å². The smallest absolute Gasteiger partial charge is 0.102 e. The van der Waals surface area contributed by atoms with E-state index in [2.05, 4.69) is 5.32 Å². The Kier molecular flexibility index (Phi) is 5.60. The number of anilines is 1. The SMILES string of the molecule is CC(C)(C)C(=N)/C=C(/N)Nc1ccc(Cl)c(CCO)c1. The first-order chi connectivity index (χ1) is 9.24. The first kappa shape index (κ1) is 16.5. The van der Waals surface area contributed by atoms with Gasteiger partial charge in [-0.2, -0.15) is 0 Å². The van der Waals surface area contributed by atoms with Crippen LogP contribution in [0.5, 0.6) is 0 Å². The lowest BCUT2D eigenvalue weighted by Crippen LogP contribution is -2.20. The molecule has 0 heterocycles. The topological polar surface area (TPSA) is 82.1 Å². The third kappa shape index (κ3) is 4.87. The zero-order chi connectivity index (χ0) is 15.3. The average Bonchev–Trinajstić information content (AvgIpc) is 2.32. The Morgan fingerprint density at radius 2 is 2.10 bits per heavy atom. The summed E-state index contributed by atoms with van der Waals surface area (Å²) < 4.78 is 0. The van der Waals surface area contributed by atoms with Gasteiger partial charge in [0.2, 0.25) is 0 Å². The molecule has 4 nitrogen and oxygen atoms in total. The number of allylic oxidation sites excluding steroid dienone is 1. The maximum Gasteiger partial charge on any atom is 0.102 e. The Bertz CT molecular complexity index is 518. The van der Waals surface area contributed by atoms with Crippen molar-refractivity contribution in [1.82, 2.24) is 0 Å². The van der Waals surface area contributed by atoms with E-state index in [0.29, 0.717) is 23.0 Å². The number of benzene rings is 1. The Balaban J connectivity index is 2.85. The number of nitrogens with two attached hydrogens (primary N) is 1. The lowest BCUT2D eigenvalue weighted by molar-refractivity contribution is 0.299. The molecule has 5 heteroatoms. The van der Waals surface area contributed by atoms with E-state index in [-0.39, 0.29) is 12.0 Å². The molecule has 0 aliphatic rings. The molecule has 0 aromatic heterocycles. The number of rotatable bonds is 5. The molecule has 0 bridgehead atoms. The molecule has 0 spiro atoms. The number of nitrogens with one attached hydrogen (secondary N) is 2. The largest absolute Gasteiger partial charge is 0.396 e. The average molecular weight is 296 g/mol. The second-order valence-electron chi connectivity index (χ2n) is 5.67. The van der Waals surface area contributed by atoms with Crippen LogP contribution in [0.2, 0.25) is 5.02 Å². The molecule has 20 heavy (non-hydrogen) atoms. The molecule has 0 amide bonds. The third-order valence-corrected chi connectivity index (χ3v) is 3.19. The van der Waals surface area contributed by atoms with E-state index in [1.807, 2.05) is 32.9 Å². The lowest BCUT2D eigenvalue weighted by atomic mass is 9.90. The van der Waals surface area contributed by atoms with E-state index >= 15 is 0 Å². The van der Waals surface area contributed by atoms with E-state index in [4.69, 9.17) is 27.9 Å². The second-order valence-corrected chi connectivity index (χ2v) is 6.08. The maximum absolute atomic E-state index is 8.98. The molecule has 0 fully saturated rings. The zero-order valence-corrected chi connectivity index (χ0v) is 12.9. The molecule has 0 atom stereocenters. The number of halogens is 1. The molecule has 0 unspecified atom stereocenters. The van der Waals surface area contributed by atoms with E-state index in [0.717, 1.165) is 11.3 Å². The second kappa shape index (κ2) is 6.77. The fraction of sp³-hybridized carbons (Fsp3) is 0.400. The summed E-state index contributed by atoms with van der Waals surface area (Å²) in [6, 6.07) is 5.42. The van der Waals surface area contributed by atoms with Gasteiger partial charge in [-0.15, -0.1) is 0 Å². The van der Waals surface area contributed by atoms with E-state index in [1.165, 1.54) is 0 Å². The highest BCUT2D eigenvalue weighted by atomic mass is 35.5. The molecule has 5 N–H and O–H groups in total. The highest BCUT2D eigenvalue weighted by Gasteiger charge is 2.15. The summed E-state index contributed by atoms with van der Waals surface area (Å²) in [5.41, 5.74) is 7.75. The van der Waals surface area contributed by atoms with Gasteiger partial charge in [0, 0.05) is 28.4 Å². The van der Waals surface area contributed by atoms with Crippen LogP contribution in [0.25, 0.3) is 0 Å². The van der Waals surface area contributed by atoms with E-state index in [9.17, 15) is 0 Å². The molecular weight excluding hydrogens is 274 g/mol. The van der Waals surface area contributed by atoms with E-state index < -0.39 is 0 Å². The Morgan fingerprint density at radius 1 is 1.45 bits per heavy atom. The number of aliphatic hydroxyl groups is 1. The molecule has 0 aliphatic carbocycles. The summed E-state index contributed by atoms with van der Waals surface area (Å²) in [5.74, 6) is 0.405. The molecule has 1 rings (SSSR count). The fourth-order valence-electron chi connectivity index (χ4n) is 1.54. The zero-order valence-electron chi connectivity index (χ0n) is 12.1. The lowest BCUT2D eigenvalue weighted by Gasteiger charge is -2.18. The van der Waals surface area contributed by atoms with Gasteiger partial charge in [0.1, 0.15) is 5.82 Å².